The second kappa shape index (κ2) is 6.68. The van der Waals surface area contributed by atoms with E-state index >= 15 is 0 Å². The SMILES string of the molecule is COCCC(N)C(=O)Nc1ccc(Br)c(C)n1. The summed E-state index contributed by atoms with van der Waals surface area (Å²) in [5, 5.41) is 2.67. The van der Waals surface area contributed by atoms with E-state index in [9.17, 15) is 4.79 Å². The first-order valence-corrected chi connectivity index (χ1v) is 6.02. The molecule has 94 valence electrons. The zero-order valence-electron chi connectivity index (χ0n) is 9.87. The number of nitrogens with two attached hydrogens (primary N) is 1. The molecule has 5 nitrogen and oxygen atoms in total. The number of rotatable bonds is 5. The standard InChI is InChI=1S/C11H16BrN3O2/c1-7-8(12)3-4-10(14-7)15-11(16)9(13)5-6-17-2/h3-4,9H,5-6,13H2,1-2H3,(H,14,15,16). The molecular formula is C11H16BrN3O2. The fourth-order valence-electron chi connectivity index (χ4n) is 1.21. The molecule has 0 aliphatic heterocycles. The third-order valence-corrected chi connectivity index (χ3v) is 3.08. The lowest BCUT2D eigenvalue weighted by molar-refractivity contribution is -0.117. The minimum absolute atomic E-state index is 0.253. The van der Waals surface area contributed by atoms with Crippen molar-refractivity contribution in [1.82, 2.24) is 4.98 Å². The highest BCUT2D eigenvalue weighted by Crippen LogP contribution is 2.16. The summed E-state index contributed by atoms with van der Waals surface area (Å²) < 4.78 is 5.77. The number of anilines is 1. The minimum Gasteiger partial charge on any atom is -0.385 e. The van der Waals surface area contributed by atoms with E-state index in [1.807, 2.05) is 13.0 Å². The van der Waals surface area contributed by atoms with Crippen LogP contribution in [-0.2, 0) is 9.53 Å². The summed E-state index contributed by atoms with van der Waals surface area (Å²) in [6, 6.07) is 2.97. The molecule has 1 heterocycles. The lowest BCUT2D eigenvalue weighted by Gasteiger charge is -2.11. The average molecular weight is 302 g/mol. The number of nitrogens with one attached hydrogen (secondary N) is 1. The van der Waals surface area contributed by atoms with Crippen LogP contribution in [0.5, 0.6) is 0 Å². The zero-order valence-corrected chi connectivity index (χ0v) is 11.5. The van der Waals surface area contributed by atoms with Crippen LogP contribution in [-0.4, -0.2) is 30.6 Å². The lowest BCUT2D eigenvalue weighted by atomic mass is 10.2. The topological polar surface area (TPSA) is 77.2 Å². The number of hydrogen-bond acceptors (Lipinski definition) is 4. The fraction of sp³-hybridized carbons (Fsp3) is 0.455. The molecule has 1 atom stereocenters. The van der Waals surface area contributed by atoms with Crippen molar-refractivity contribution in [1.29, 1.82) is 0 Å². The Hall–Kier alpha value is -0.980. The average Bonchev–Trinajstić information content (AvgIpc) is 2.30. The molecule has 1 amide bonds. The molecule has 1 unspecified atom stereocenters. The predicted octanol–water partition coefficient (Wildman–Crippen LogP) is 1.45. The number of methoxy groups -OCH3 is 1. The number of halogens is 1. The van der Waals surface area contributed by atoms with Gasteiger partial charge < -0.3 is 15.8 Å². The van der Waals surface area contributed by atoms with Gasteiger partial charge in [-0.15, -0.1) is 0 Å². The van der Waals surface area contributed by atoms with Crippen molar-refractivity contribution in [3.8, 4) is 0 Å². The highest BCUT2D eigenvalue weighted by Gasteiger charge is 2.13. The van der Waals surface area contributed by atoms with Gasteiger partial charge in [0, 0.05) is 18.2 Å². The molecule has 0 aliphatic carbocycles. The van der Waals surface area contributed by atoms with Gasteiger partial charge >= 0.3 is 0 Å². The van der Waals surface area contributed by atoms with E-state index in [1.165, 1.54) is 0 Å². The molecular weight excluding hydrogens is 286 g/mol. The molecule has 1 aromatic heterocycles. The molecule has 6 heteroatoms. The Morgan fingerprint density at radius 2 is 2.35 bits per heavy atom. The van der Waals surface area contributed by atoms with Crippen LogP contribution in [0.15, 0.2) is 16.6 Å². The number of ether oxygens (including phenoxy) is 1. The summed E-state index contributed by atoms with van der Waals surface area (Å²) in [4.78, 5) is 15.9. The Labute approximate surface area is 109 Å². The van der Waals surface area contributed by atoms with Gasteiger partial charge in [0.15, 0.2) is 0 Å². The van der Waals surface area contributed by atoms with E-state index in [2.05, 4.69) is 26.2 Å². The molecule has 3 N–H and O–H groups in total. The third-order valence-electron chi connectivity index (χ3n) is 2.24. The number of aromatic nitrogens is 1. The highest BCUT2D eigenvalue weighted by molar-refractivity contribution is 9.10. The highest BCUT2D eigenvalue weighted by atomic mass is 79.9. The second-order valence-corrected chi connectivity index (χ2v) is 4.50. The van der Waals surface area contributed by atoms with Crippen LogP contribution in [0.3, 0.4) is 0 Å². The maximum Gasteiger partial charge on any atom is 0.242 e. The number of amides is 1. The van der Waals surface area contributed by atoms with Crippen molar-refractivity contribution in [2.45, 2.75) is 19.4 Å². The first-order valence-electron chi connectivity index (χ1n) is 5.23. The van der Waals surface area contributed by atoms with Gasteiger partial charge in [0.1, 0.15) is 5.82 Å². The van der Waals surface area contributed by atoms with Gasteiger partial charge in [-0.25, -0.2) is 4.98 Å². The molecule has 17 heavy (non-hydrogen) atoms. The number of carbonyl (C=O) groups is 1. The summed E-state index contributed by atoms with van der Waals surface area (Å²) in [6.07, 6.45) is 0.484. The van der Waals surface area contributed by atoms with Crippen molar-refractivity contribution in [3.05, 3.63) is 22.3 Å². The van der Waals surface area contributed by atoms with E-state index in [1.54, 1.807) is 13.2 Å². The van der Waals surface area contributed by atoms with E-state index in [0.29, 0.717) is 18.8 Å². The maximum absolute atomic E-state index is 11.7. The van der Waals surface area contributed by atoms with Crippen molar-refractivity contribution < 1.29 is 9.53 Å². The van der Waals surface area contributed by atoms with Gasteiger partial charge in [-0.3, -0.25) is 4.79 Å². The Kier molecular flexibility index (Phi) is 5.54. The smallest absolute Gasteiger partial charge is 0.242 e. The van der Waals surface area contributed by atoms with Gasteiger partial charge in [-0.05, 0) is 41.4 Å². The third kappa shape index (κ3) is 4.41. The number of carbonyl (C=O) groups excluding carboxylic acids is 1. The van der Waals surface area contributed by atoms with E-state index < -0.39 is 6.04 Å². The number of nitrogens with zero attached hydrogens (tertiary/aromatic N) is 1. The van der Waals surface area contributed by atoms with Crippen LogP contribution in [0.1, 0.15) is 12.1 Å². The molecule has 0 bridgehead atoms. The summed E-state index contributed by atoms with van der Waals surface area (Å²) in [6.45, 7) is 2.31. The van der Waals surface area contributed by atoms with Crippen LogP contribution in [0.2, 0.25) is 0 Å². The van der Waals surface area contributed by atoms with E-state index in [-0.39, 0.29) is 5.91 Å². The summed E-state index contributed by atoms with van der Waals surface area (Å²) >= 11 is 3.34. The molecule has 0 radical (unpaired) electrons. The monoisotopic (exact) mass is 301 g/mol. The number of hydrogen-bond donors (Lipinski definition) is 2. The van der Waals surface area contributed by atoms with Gasteiger partial charge in [-0.1, -0.05) is 0 Å². The quantitative estimate of drug-likeness (QED) is 0.863. The first kappa shape index (κ1) is 14.1. The molecule has 0 aromatic carbocycles. The normalized spacial score (nSPS) is 12.2. The van der Waals surface area contributed by atoms with Crippen molar-refractivity contribution in [2.75, 3.05) is 19.0 Å². The molecule has 0 saturated carbocycles. The van der Waals surface area contributed by atoms with Crippen molar-refractivity contribution >= 4 is 27.7 Å². The van der Waals surface area contributed by atoms with E-state index in [4.69, 9.17) is 10.5 Å². The first-order chi connectivity index (χ1) is 8.04. The van der Waals surface area contributed by atoms with Crippen molar-refractivity contribution in [3.63, 3.8) is 0 Å². The van der Waals surface area contributed by atoms with Crippen LogP contribution in [0, 0.1) is 6.92 Å². The van der Waals surface area contributed by atoms with Gasteiger partial charge in [0.05, 0.1) is 11.7 Å². The Morgan fingerprint density at radius 1 is 1.65 bits per heavy atom. The van der Waals surface area contributed by atoms with E-state index in [0.717, 1.165) is 10.2 Å². The number of aryl methyl sites for hydroxylation is 1. The second-order valence-electron chi connectivity index (χ2n) is 3.64. The summed E-state index contributed by atoms with van der Waals surface area (Å²) in [5.41, 5.74) is 6.50. The lowest BCUT2D eigenvalue weighted by Crippen LogP contribution is -2.36. The fourth-order valence-corrected chi connectivity index (χ4v) is 1.43. The minimum atomic E-state index is -0.583. The molecule has 1 rings (SSSR count). The molecule has 1 aromatic rings. The van der Waals surface area contributed by atoms with Crippen LogP contribution >= 0.6 is 15.9 Å². The molecule has 0 saturated heterocycles. The zero-order chi connectivity index (χ0) is 12.8. The van der Waals surface area contributed by atoms with Crippen LogP contribution < -0.4 is 11.1 Å². The predicted molar refractivity (Wildman–Crippen MR) is 69.8 cm³/mol. The Balaban J connectivity index is 2.58. The summed E-state index contributed by atoms with van der Waals surface area (Å²) in [5.74, 6) is 0.250. The van der Waals surface area contributed by atoms with Gasteiger partial charge in [0.2, 0.25) is 5.91 Å². The number of pyridine rings is 1. The molecule has 0 fully saturated rings. The largest absolute Gasteiger partial charge is 0.385 e. The Morgan fingerprint density at radius 3 is 2.94 bits per heavy atom. The van der Waals surface area contributed by atoms with Gasteiger partial charge in [-0.2, -0.15) is 0 Å². The Bertz CT molecular complexity index is 398. The van der Waals surface area contributed by atoms with Crippen LogP contribution in [0.4, 0.5) is 5.82 Å². The van der Waals surface area contributed by atoms with Crippen LogP contribution in [0.25, 0.3) is 0 Å². The molecule has 0 aliphatic rings. The maximum atomic E-state index is 11.7. The molecule has 0 spiro atoms. The van der Waals surface area contributed by atoms with Crippen molar-refractivity contribution in [2.24, 2.45) is 5.73 Å². The summed E-state index contributed by atoms with van der Waals surface area (Å²) in [7, 11) is 1.57. The van der Waals surface area contributed by atoms with Gasteiger partial charge in [0.25, 0.3) is 0 Å².